The summed E-state index contributed by atoms with van der Waals surface area (Å²) < 4.78 is 5.49. The zero-order valence-electron chi connectivity index (χ0n) is 10.8. The van der Waals surface area contributed by atoms with E-state index in [4.69, 9.17) is 4.42 Å². The summed E-state index contributed by atoms with van der Waals surface area (Å²) in [5.41, 5.74) is 1.08. The number of nitrogens with one attached hydrogen (secondary N) is 2. The number of hydrogen-bond acceptors (Lipinski definition) is 7. The highest BCUT2D eigenvalue weighted by atomic mass is 32.1. The van der Waals surface area contributed by atoms with Gasteiger partial charge in [-0.2, -0.15) is 0 Å². The van der Waals surface area contributed by atoms with Crippen LogP contribution in [0.2, 0.25) is 0 Å². The van der Waals surface area contributed by atoms with Gasteiger partial charge in [-0.05, 0) is 19.8 Å². The average Bonchev–Trinajstić information content (AvgIpc) is 2.97. The molecular weight excluding hydrogens is 262 g/mol. The van der Waals surface area contributed by atoms with Crippen LogP contribution in [0.25, 0.3) is 0 Å². The number of anilines is 1. The van der Waals surface area contributed by atoms with Crippen LogP contribution >= 0.6 is 11.3 Å². The number of thiazole rings is 1. The van der Waals surface area contributed by atoms with Gasteiger partial charge in [0.1, 0.15) is 0 Å². The maximum atomic E-state index is 5.49. The van der Waals surface area contributed by atoms with Gasteiger partial charge in [-0.1, -0.05) is 5.10 Å². The van der Waals surface area contributed by atoms with Crippen LogP contribution in [0.5, 0.6) is 0 Å². The highest BCUT2D eigenvalue weighted by Crippen LogP contribution is 2.19. The zero-order valence-corrected chi connectivity index (χ0v) is 11.7. The molecule has 0 radical (unpaired) electrons. The molecule has 0 saturated heterocycles. The molecule has 2 aromatic heterocycles. The van der Waals surface area contributed by atoms with E-state index < -0.39 is 0 Å². The molecule has 2 N–H and O–H groups in total. The minimum atomic E-state index is 0.487. The number of aryl methyl sites for hydroxylation is 1. The van der Waals surface area contributed by atoms with Crippen molar-refractivity contribution in [3.8, 4) is 0 Å². The van der Waals surface area contributed by atoms with Crippen molar-refractivity contribution >= 4 is 17.4 Å². The van der Waals surface area contributed by atoms with Crippen LogP contribution in [0, 0.1) is 6.92 Å². The molecule has 0 atom stereocenters. The Morgan fingerprint density at radius 3 is 3.05 bits per heavy atom. The first-order valence-corrected chi connectivity index (χ1v) is 7.38. The van der Waals surface area contributed by atoms with E-state index in [1.807, 2.05) is 6.92 Å². The largest absolute Gasteiger partial charge is 0.407 e. The van der Waals surface area contributed by atoms with E-state index in [2.05, 4.69) is 31.2 Å². The maximum absolute atomic E-state index is 5.49. The van der Waals surface area contributed by atoms with Crippen molar-refractivity contribution in [2.24, 2.45) is 0 Å². The number of rotatable bonds is 7. The van der Waals surface area contributed by atoms with Crippen molar-refractivity contribution in [1.82, 2.24) is 20.5 Å². The maximum Gasteiger partial charge on any atom is 0.315 e. The van der Waals surface area contributed by atoms with Gasteiger partial charge in [0.2, 0.25) is 5.89 Å². The van der Waals surface area contributed by atoms with E-state index in [0.29, 0.717) is 24.5 Å². The van der Waals surface area contributed by atoms with Gasteiger partial charge in [0, 0.05) is 30.1 Å². The lowest BCUT2D eigenvalue weighted by atomic mass is 10.4. The topological polar surface area (TPSA) is 75.9 Å². The molecule has 7 heteroatoms. The molecule has 0 aromatic carbocycles. The van der Waals surface area contributed by atoms with Crippen molar-refractivity contribution in [1.29, 1.82) is 0 Å². The fourth-order valence-corrected chi connectivity index (χ4v) is 2.49. The predicted molar refractivity (Wildman–Crippen MR) is 73.2 cm³/mol. The van der Waals surface area contributed by atoms with Crippen LogP contribution in [0.1, 0.15) is 29.4 Å². The summed E-state index contributed by atoms with van der Waals surface area (Å²) in [6.07, 6.45) is 3.38. The molecule has 19 heavy (non-hydrogen) atoms. The van der Waals surface area contributed by atoms with Crippen LogP contribution in [-0.2, 0) is 13.0 Å². The minimum Gasteiger partial charge on any atom is -0.407 e. The van der Waals surface area contributed by atoms with Crippen LogP contribution in [0.15, 0.2) is 9.80 Å². The standard InChI is InChI=1S/C12H17N5OS/c1-8-7-19-11(15-8)4-5-13-12-17-16-10(18-12)6-14-9-2-3-9/h7,9,14H,2-6H2,1H3,(H,13,17). The number of aromatic nitrogens is 3. The third-order valence-electron chi connectivity index (χ3n) is 2.87. The van der Waals surface area contributed by atoms with E-state index in [1.165, 1.54) is 12.8 Å². The summed E-state index contributed by atoms with van der Waals surface area (Å²) in [6, 6.07) is 1.14. The molecule has 1 saturated carbocycles. The third-order valence-corrected chi connectivity index (χ3v) is 3.89. The van der Waals surface area contributed by atoms with Gasteiger partial charge in [0.05, 0.1) is 11.6 Å². The van der Waals surface area contributed by atoms with Crippen LogP contribution in [0.3, 0.4) is 0 Å². The van der Waals surface area contributed by atoms with Gasteiger partial charge in [-0.25, -0.2) is 4.98 Å². The van der Waals surface area contributed by atoms with E-state index in [-0.39, 0.29) is 0 Å². The highest BCUT2D eigenvalue weighted by Gasteiger charge is 2.21. The van der Waals surface area contributed by atoms with Gasteiger partial charge < -0.3 is 15.1 Å². The molecule has 1 fully saturated rings. The summed E-state index contributed by atoms with van der Waals surface area (Å²) in [6.45, 7) is 3.42. The second kappa shape index (κ2) is 5.66. The van der Waals surface area contributed by atoms with Crippen molar-refractivity contribution in [2.75, 3.05) is 11.9 Å². The third kappa shape index (κ3) is 3.74. The second-order valence-electron chi connectivity index (χ2n) is 4.72. The number of hydrogen-bond donors (Lipinski definition) is 2. The molecule has 2 heterocycles. The van der Waals surface area contributed by atoms with Gasteiger partial charge in [-0.3, -0.25) is 0 Å². The summed E-state index contributed by atoms with van der Waals surface area (Å²) in [5.74, 6) is 0.638. The van der Waals surface area contributed by atoms with E-state index in [1.54, 1.807) is 11.3 Å². The first-order valence-electron chi connectivity index (χ1n) is 6.50. The Labute approximate surface area is 115 Å². The first-order chi connectivity index (χ1) is 9.29. The molecule has 3 rings (SSSR count). The molecule has 0 spiro atoms. The van der Waals surface area contributed by atoms with Crippen LogP contribution in [0.4, 0.5) is 6.01 Å². The molecule has 2 aromatic rings. The van der Waals surface area contributed by atoms with Crippen molar-refractivity contribution in [3.05, 3.63) is 22.0 Å². The van der Waals surface area contributed by atoms with Crippen LogP contribution < -0.4 is 10.6 Å². The van der Waals surface area contributed by atoms with E-state index in [9.17, 15) is 0 Å². The lowest BCUT2D eigenvalue weighted by molar-refractivity contribution is 0.476. The Hall–Kier alpha value is -1.47. The summed E-state index contributed by atoms with van der Waals surface area (Å²) in [7, 11) is 0. The second-order valence-corrected chi connectivity index (χ2v) is 5.66. The van der Waals surface area contributed by atoms with Crippen molar-refractivity contribution in [2.45, 2.75) is 38.8 Å². The molecule has 6 nitrogen and oxygen atoms in total. The Balaban J connectivity index is 1.41. The Morgan fingerprint density at radius 2 is 2.32 bits per heavy atom. The fraction of sp³-hybridized carbons (Fsp3) is 0.583. The molecule has 0 unspecified atom stereocenters. The summed E-state index contributed by atoms with van der Waals surface area (Å²) >= 11 is 1.68. The molecule has 0 amide bonds. The average molecular weight is 279 g/mol. The quantitative estimate of drug-likeness (QED) is 0.804. The summed E-state index contributed by atoms with van der Waals surface area (Å²) in [4.78, 5) is 4.40. The Bertz CT molecular complexity index is 534. The van der Waals surface area contributed by atoms with E-state index >= 15 is 0 Å². The molecule has 0 bridgehead atoms. The molecule has 1 aliphatic rings. The minimum absolute atomic E-state index is 0.487. The summed E-state index contributed by atoms with van der Waals surface area (Å²) in [5, 5.41) is 17.6. The molecule has 0 aliphatic heterocycles. The molecular formula is C12H17N5OS. The van der Waals surface area contributed by atoms with Crippen molar-refractivity contribution in [3.63, 3.8) is 0 Å². The fourth-order valence-electron chi connectivity index (χ4n) is 1.71. The van der Waals surface area contributed by atoms with Gasteiger partial charge in [0.15, 0.2) is 0 Å². The first kappa shape index (κ1) is 12.6. The number of nitrogens with zero attached hydrogens (tertiary/aromatic N) is 3. The lowest BCUT2D eigenvalue weighted by Gasteiger charge is -1.98. The van der Waals surface area contributed by atoms with Gasteiger partial charge in [-0.15, -0.1) is 16.4 Å². The highest BCUT2D eigenvalue weighted by molar-refractivity contribution is 7.09. The van der Waals surface area contributed by atoms with Gasteiger partial charge >= 0.3 is 6.01 Å². The van der Waals surface area contributed by atoms with Crippen LogP contribution in [-0.4, -0.2) is 27.8 Å². The normalized spacial score (nSPS) is 14.8. The monoisotopic (exact) mass is 279 g/mol. The lowest BCUT2D eigenvalue weighted by Crippen LogP contribution is -2.15. The SMILES string of the molecule is Cc1csc(CCNc2nnc(CNC3CC3)o2)n1. The van der Waals surface area contributed by atoms with Gasteiger partial charge in [0.25, 0.3) is 0 Å². The molecule has 1 aliphatic carbocycles. The molecule has 102 valence electrons. The smallest absolute Gasteiger partial charge is 0.315 e. The van der Waals surface area contributed by atoms with E-state index in [0.717, 1.165) is 23.7 Å². The Kier molecular flexibility index (Phi) is 3.74. The predicted octanol–water partition coefficient (Wildman–Crippen LogP) is 1.74. The zero-order chi connectivity index (χ0) is 13.1. The Morgan fingerprint density at radius 1 is 1.42 bits per heavy atom. The van der Waals surface area contributed by atoms with Crippen molar-refractivity contribution < 1.29 is 4.42 Å².